The van der Waals surface area contributed by atoms with Gasteiger partial charge in [0.15, 0.2) is 0 Å². The standard InChI is InChI=1S/C9H16N4O/c1-10-6-9-7-11-8-13(9)12-2-4-14-5-3-12/h7-8,10H,2-6H2,1H3. The average Bonchev–Trinajstić information content (AvgIpc) is 2.68. The summed E-state index contributed by atoms with van der Waals surface area (Å²) in [4.78, 5) is 4.16. The summed E-state index contributed by atoms with van der Waals surface area (Å²) < 4.78 is 7.42. The molecule has 1 aliphatic heterocycles. The van der Waals surface area contributed by atoms with Gasteiger partial charge in [-0.15, -0.1) is 0 Å². The first-order valence-electron chi connectivity index (χ1n) is 4.90. The first kappa shape index (κ1) is 9.48. The zero-order valence-corrected chi connectivity index (χ0v) is 8.44. The summed E-state index contributed by atoms with van der Waals surface area (Å²) in [7, 11) is 1.94. The van der Waals surface area contributed by atoms with E-state index >= 15 is 0 Å². The van der Waals surface area contributed by atoms with Crippen molar-refractivity contribution in [1.82, 2.24) is 15.0 Å². The second-order valence-electron chi connectivity index (χ2n) is 3.33. The lowest BCUT2D eigenvalue weighted by molar-refractivity contribution is 0.111. The van der Waals surface area contributed by atoms with E-state index in [0.717, 1.165) is 32.8 Å². The van der Waals surface area contributed by atoms with Gasteiger partial charge in [0.2, 0.25) is 0 Å². The van der Waals surface area contributed by atoms with E-state index in [1.54, 1.807) is 0 Å². The molecule has 1 saturated heterocycles. The van der Waals surface area contributed by atoms with Gasteiger partial charge in [-0.3, -0.25) is 0 Å². The van der Waals surface area contributed by atoms with Gasteiger partial charge in [0.05, 0.1) is 38.2 Å². The molecule has 1 N–H and O–H groups in total. The minimum atomic E-state index is 0.803. The van der Waals surface area contributed by atoms with Gasteiger partial charge in [-0.2, -0.15) is 0 Å². The Labute approximate surface area is 83.6 Å². The Morgan fingerprint density at radius 3 is 3.00 bits per heavy atom. The molecule has 5 nitrogen and oxygen atoms in total. The van der Waals surface area contributed by atoms with Crippen LogP contribution in [0.25, 0.3) is 0 Å². The van der Waals surface area contributed by atoms with Crippen LogP contribution in [0.1, 0.15) is 5.69 Å². The first-order chi connectivity index (χ1) is 6.92. The van der Waals surface area contributed by atoms with Crippen LogP contribution in [0.3, 0.4) is 0 Å². The molecular formula is C9H16N4O. The summed E-state index contributed by atoms with van der Waals surface area (Å²) in [6, 6.07) is 0. The summed E-state index contributed by atoms with van der Waals surface area (Å²) in [6.45, 7) is 4.33. The summed E-state index contributed by atoms with van der Waals surface area (Å²) in [5.74, 6) is 0. The van der Waals surface area contributed by atoms with Crippen LogP contribution < -0.4 is 10.3 Å². The number of aromatic nitrogens is 2. The molecule has 0 radical (unpaired) electrons. The third-order valence-electron chi connectivity index (χ3n) is 2.34. The normalized spacial score (nSPS) is 17.4. The van der Waals surface area contributed by atoms with Gasteiger partial charge in [0.1, 0.15) is 6.33 Å². The Balaban J connectivity index is 2.09. The van der Waals surface area contributed by atoms with Crippen LogP contribution in [-0.2, 0) is 11.3 Å². The van der Waals surface area contributed by atoms with Crippen LogP contribution in [0.2, 0.25) is 0 Å². The maximum Gasteiger partial charge on any atom is 0.114 e. The summed E-state index contributed by atoms with van der Waals surface area (Å²) in [6.07, 6.45) is 3.75. The van der Waals surface area contributed by atoms with Gasteiger partial charge in [0.25, 0.3) is 0 Å². The van der Waals surface area contributed by atoms with E-state index in [4.69, 9.17) is 4.74 Å². The van der Waals surface area contributed by atoms with Crippen molar-refractivity contribution in [2.75, 3.05) is 38.4 Å². The van der Waals surface area contributed by atoms with Crippen LogP contribution >= 0.6 is 0 Å². The van der Waals surface area contributed by atoms with Crippen LogP contribution in [-0.4, -0.2) is 43.0 Å². The van der Waals surface area contributed by atoms with Crippen molar-refractivity contribution in [2.24, 2.45) is 0 Å². The van der Waals surface area contributed by atoms with E-state index in [0.29, 0.717) is 0 Å². The lowest BCUT2D eigenvalue weighted by Crippen LogP contribution is -2.44. The SMILES string of the molecule is CNCc1cncn1N1CCOCC1. The molecule has 2 rings (SSSR count). The molecular weight excluding hydrogens is 180 g/mol. The highest BCUT2D eigenvalue weighted by Gasteiger charge is 2.12. The van der Waals surface area contributed by atoms with Gasteiger partial charge in [-0.05, 0) is 7.05 Å². The minimum Gasteiger partial charge on any atom is -0.378 e. The van der Waals surface area contributed by atoms with Crippen molar-refractivity contribution in [3.05, 3.63) is 18.2 Å². The molecule has 0 bridgehead atoms. The predicted octanol–water partition coefficient (Wildman–Crippen LogP) is -0.429. The molecule has 78 valence electrons. The van der Waals surface area contributed by atoms with E-state index < -0.39 is 0 Å². The number of hydrogen-bond donors (Lipinski definition) is 1. The van der Waals surface area contributed by atoms with Gasteiger partial charge in [-0.25, -0.2) is 9.66 Å². The minimum absolute atomic E-state index is 0.803. The fourth-order valence-electron chi connectivity index (χ4n) is 1.65. The summed E-state index contributed by atoms with van der Waals surface area (Å²) in [5.41, 5.74) is 1.19. The third kappa shape index (κ3) is 1.88. The van der Waals surface area contributed by atoms with Crippen LogP contribution in [0.15, 0.2) is 12.5 Å². The molecule has 14 heavy (non-hydrogen) atoms. The van der Waals surface area contributed by atoms with Crippen molar-refractivity contribution in [3.63, 3.8) is 0 Å². The van der Waals surface area contributed by atoms with E-state index in [2.05, 4.69) is 20.0 Å². The van der Waals surface area contributed by atoms with Crippen molar-refractivity contribution in [3.8, 4) is 0 Å². The van der Waals surface area contributed by atoms with Crippen molar-refractivity contribution < 1.29 is 4.74 Å². The molecule has 1 fully saturated rings. The quantitative estimate of drug-likeness (QED) is 0.712. The lowest BCUT2D eigenvalue weighted by atomic mass is 10.4. The highest BCUT2D eigenvalue weighted by atomic mass is 16.5. The highest BCUT2D eigenvalue weighted by molar-refractivity contribution is 5.04. The molecule has 0 unspecified atom stereocenters. The molecule has 5 heteroatoms. The fraction of sp³-hybridized carbons (Fsp3) is 0.667. The second-order valence-corrected chi connectivity index (χ2v) is 3.33. The van der Waals surface area contributed by atoms with Gasteiger partial charge in [0, 0.05) is 6.54 Å². The number of rotatable bonds is 3. The zero-order chi connectivity index (χ0) is 9.80. The number of morpholine rings is 1. The van der Waals surface area contributed by atoms with Crippen LogP contribution in [0, 0.1) is 0 Å². The van der Waals surface area contributed by atoms with Crippen LogP contribution in [0.5, 0.6) is 0 Å². The van der Waals surface area contributed by atoms with E-state index in [1.165, 1.54) is 5.69 Å². The third-order valence-corrected chi connectivity index (χ3v) is 2.34. The maximum atomic E-state index is 5.31. The van der Waals surface area contributed by atoms with Crippen LogP contribution in [0.4, 0.5) is 0 Å². The molecule has 0 saturated carbocycles. The van der Waals surface area contributed by atoms with Gasteiger partial charge >= 0.3 is 0 Å². The average molecular weight is 196 g/mol. The maximum absolute atomic E-state index is 5.31. The molecule has 0 aromatic carbocycles. The predicted molar refractivity (Wildman–Crippen MR) is 53.8 cm³/mol. The number of ether oxygens (including phenoxy) is 1. The van der Waals surface area contributed by atoms with Gasteiger partial charge < -0.3 is 15.1 Å². The molecule has 0 amide bonds. The summed E-state index contributed by atoms with van der Waals surface area (Å²) >= 11 is 0. The first-order valence-corrected chi connectivity index (χ1v) is 4.90. The van der Waals surface area contributed by atoms with E-state index in [1.807, 2.05) is 19.6 Å². The monoisotopic (exact) mass is 196 g/mol. The van der Waals surface area contributed by atoms with E-state index in [-0.39, 0.29) is 0 Å². The Morgan fingerprint density at radius 1 is 1.50 bits per heavy atom. The number of nitrogens with one attached hydrogen (secondary N) is 1. The second kappa shape index (κ2) is 4.43. The van der Waals surface area contributed by atoms with Crippen molar-refractivity contribution >= 4 is 0 Å². The zero-order valence-electron chi connectivity index (χ0n) is 8.44. The number of nitrogens with zero attached hydrogens (tertiary/aromatic N) is 3. The largest absolute Gasteiger partial charge is 0.378 e. The smallest absolute Gasteiger partial charge is 0.114 e. The molecule has 1 aromatic heterocycles. The molecule has 1 aliphatic rings. The Kier molecular flexibility index (Phi) is 3.00. The molecule has 0 atom stereocenters. The van der Waals surface area contributed by atoms with E-state index in [9.17, 15) is 0 Å². The highest BCUT2D eigenvalue weighted by Crippen LogP contribution is 2.03. The topological polar surface area (TPSA) is 42.3 Å². The fourth-order valence-corrected chi connectivity index (χ4v) is 1.65. The van der Waals surface area contributed by atoms with Crippen molar-refractivity contribution in [2.45, 2.75) is 6.54 Å². The Hall–Kier alpha value is -1.07. The summed E-state index contributed by atoms with van der Waals surface area (Å²) in [5, 5.41) is 5.38. The number of imidazole rings is 1. The molecule has 0 aliphatic carbocycles. The molecule has 2 heterocycles. The van der Waals surface area contributed by atoms with Crippen molar-refractivity contribution in [1.29, 1.82) is 0 Å². The molecule has 0 spiro atoms. The van der Waals surface area contributed by atoms with Gasteiger partial charge in [-0.1, -0.05) is 0 Å². The number of hydrogen-bond acceptors (Lipinski definition) is 4. The lowest BCUT2D eigenvalue weighted by Gasteiger charge is -2.30. The molecule has 1 aromatic rings. The Bertz CT molecular complexity index is 280. The Morgan fingerprint density at radius 2 is 2.29 bits per heavy atom.